The van der Waals surface area contributed by atoms with Gasteiger partial charge in [0.15, 0.2) is 5.76 Å². The molecule has 0 aliphatic rings. The van der Waals surface area contributed by atoms with Crippen LogP contribution in [0.15, 0.2) is 16.5 Å². The molecule has 11 heavy (non-hydrogen) atoms. The van der Waals surface area contributed by atoms with E-state index in [1.807, 2.05) is 20.8 Å². The Kier molecular flexibility index (Phi) is 2.13. The Morgan fingerprint density at radius 1 is 1.45 bits per heavy atom. The monoisotopic (exact) mass is 152 g/mol. The Morgan fingerprint density at radius 2 is 2.09 bits per heavy atom. The third-order valence-corrected chi connectivity index (χ3v) is 1.51. The summed E-state index contributed by atoms with van der Waals surface area (Å²) in [6.07, 6.45) is 0. The molecule has 1 aromatic heterocycles. The van der Waals surface area contributed by atoms with Crippen molar-refractivity contribution in [3.8, 4) is 0 Å². The zero-order valence-electron chi connectivity index (χ0n) is 7.05. The van der Waals surface area contributed by atoms with E-state index in [-0.39, 0.29) is 11.7 Å². The van der Waals surface area contributed by atoms with Crippen LogP contribution >= 0.6 is 0 Å². The summed E-state index contributed by atoms with van der Waals surface area (Å²) < 4.78 is 5.16. The first-order chi connectivity index (χ1) is 5.11. The quantitative estimate of drug-likeness (QED) is 0.609. The van der Waals surface area contributed by atoms with E-state index in [4.69, 9.17) is 4.42 Å². The van der Waals surface area contributed by atoms with Crippen LogP contribution in [0.25, 0.3) is 0 Å². The highest BCUT2D eigenvalue weighted by Crippen LogP contribution is 2.11. The second-order valence-electron chi connectivity index (χ2n) is 2.93. The lowest BCUT2D eigenvalue weighted by molar-refractivity contribution is 0.0910. The number of rotatable bonds is 2. The van der Waals surface area contributed by atoms with Gasteiger partial charge >= 0.3 is 0 Å². The molecule has 0 fully saturated rings. The molecule has 1 rings (SSSR count). The van der Waals surface area contributed by atoms with Gasteiger partial charge in [0, 0.05) is 5.92 Å². The maximum absolute atomic E-state index is 11.3. The van der Waals surface area contributed by atoms with Crippen molar-refractivity contribution >= 4 is 5.78 Å². The van der Waals surface area contributed by atoms with Crippen LogP contribution in [0.2, 0.25) is 0 Å². The van der Waals surface area contributed by atoms with Crippen molar-refractivity contribution in [2.45, 2.75) is 20.8 Å². The molecule has 0 radical (unpaired) electrons. The molecule has 0 aromatic carbocycles. The third kappa shape index (κ3) is 1.70. The van der Waals surface area contributed by atoms with E-state index in [1.165, 1.54) is 0 Å². The summed E-state index contributed by atoms with van der Waals surface area (Å²) in [5.41, 5.74) is 0. The molecule has 0 saturated carbocycles. The highest BCUT2D eigenvalue weighted by atomic mass is 16.3. The Balaban J connectivity index is 2.85. The average Bonchev–Trinajstić information content (AvgIpc) is 2.34. The Morgan fingerprint density at radius 3 is 2.45 bits per heavy atom. The molecule has 0 N–H and O–H groups in total. The van der Waals surface area contributed by atoms with Crippen LogP contribution in [0.5, 0.6) is 0 Å². The van der Waals surface area contributed by atoms with Crippen LogP contribution in [0.3, 0.4) is 0 Å². The number of Topliss-reactive ketones (excluding diaryl/α,β-unsaturated/α-hetero) is 1. The smallest absolute Gasteiger partial charge is 0.200 e. The van der Waals surface area contributed by atoms with Gasteiger partial charge in [-0.2, -0.15) is 0 Å². The number of furan rings is 1. The van der Waals surface area contributed by atoms with Crippen LogP contribution in [0, 0.1) is 12.8 Å². The van der Waals surface area contributed by atoms with Crippen molar-refractivity contribution in [1.29, 1.82) is 0 Å². The SMILES string of the molecule is Cc1ccc(C(=O)C(C)C)o1. The normalized spacial score (nSPS) is 10.5. The highest BCUT2D eigenvalue weighted by Gasteiger charge is 2.13. The van der Waals surface area contributed by atoms with E-state index in [2.05, 4.69) is 0 Å². The lowest BCUT2D eigenvalue weighted by Gasteiger charge is -1.98. The topological polar surface area (TPSA) is 30.2 Å². The largest absolute Gasteiger partial charge is 0.458 e. The fraction of sp³-hybridized carbons (Fsp3) is 0.444. The van der Waals surface area contributed by atoms with E-state index in [0.29, 0.717) is 5.76 Å². The lowest BCUT2D eigenvalue weighted by Crippen LogP contribution is -2.05. The van der Waals surface area contributed by atoms with Gasteiger partial charge in [-0.3, -0.25) is 4.79 Å². The molecule has 1 heterocycles. The van der Waals surface area contributed by atoms with Crippen molar-refractivity contribution in [2.24, 2.45) is 5.92 Å². The molecule has 0 aliphatic carbocycles. The van der Waals surface area contributed by atoms with Crippen LogP contribution in [-0.2, 0) is 0 Å². The first-order valence-electron chi connectivity index (χ1n) is 3.72. The average molecular weight is 152 g/mol. The van der Waals surface area contributed by atoms with E-state index >= 15 is 0 Å². The first-order valence-corrected chi connectivity index (χ1v) is 3.72. The number of aryl methyl sites for hydroxylation is 1. The van der Waals surface area contributed by atoms with Crippen molar-refractivity contribution in [2.75, 3.05) is 0 Å². The molecule has 0 bridgehead atoms. The molecule has 2 heteroatoms. The molecule has 1 aromatic rings. The fourth-order valence-electron chi connectivity index (χ4n) is 0.851. The molecule has 2 nitrogen and oxygen atoms in total. The predicted octanol–water partition coefficient (Wildman–Crippen LogP) is 2.43. The van der Waals surface area contributed by atoms with Crippen LogP contribution in [0.1, 0.15) is 30.2 Å². The predicted molar refractivity (Wildman–Crippen MR) is 42.6 cm³/mol. The fourth-order valence-corrected chi connectivity index (χ4v) is 0.851. The molecule has 0 atom stereocenters. The number of hydrogen-bond acceptors (Lipinski definition) is 2. The second-order valence-corrected chi connectivity index (χ2v) is 2.93. The minimum absolute atomic E-state index is 0.0144. The van der Waals surface area contributed by atoms with Crippen molar-refractivity contribution in [1.82, 2.24) is 0 Å². The number of ketones is 1. The standard InChI is InChI=1S/C9H12O2/c1-6(2)9(10)8-5-4-7(3)11-8/h4-6H,1-3H3. The number of hydrogen-bond donors (Lipinski definition) is 0. The molecule has 0 aliphatic heterocycles. The van der Waals surface area contributed by atoms with Crippen LogP contribution in [0.4, 0.5) is 0 Å². The van der Waals surface area contributed by atoms with E-state index < -0.39 is 0 Å². The third-order valence-electron chi connectivity index (χ3n) is 1.51. The summed E-state index contributed by atoms with van der Waals surface area (Å²) in [5, 5.41) is 0. The van der Waals surface area contributed by atoms with Gasteiger partial charge in [0.05, 0.1) is 0 Å². The summed E-state index contributed by atoms with van der Waals surface area (Å²) in [5.74, 6) is 1.34. The van der Waals surface area contributed by atoms with Gasteiger partial charge in [-0.1, -0.05) is 13.8 Å². The summed E-state index contributed by atoms with van der Waals surface area (Å²) >= 11 is 0. The molecular formula is C9H12O2. The van der Waals surface area contributed by atoms with Gasteiger partial charge in [-0.15, -0.1) is 0 Å². The molecule has 0 amide bonds. The zero-order chi connectivity index (χ0) is 8.43. The van der Waals surface area contributed by atoms with Crippen molar-refractivity contribution in [3.05, 3.63) is 23.7 Å². The van der Waals surface area contributed by atoms with Gasteiger partial charge in [-0.25, -0.2) is 0 Å². The lowest BCUT2D eigenvalue weighted by atomic mass is 10.1. The molecule has 0 saturated heterocycles. The summed E-state index contributed by atoms with van der Waals surface area (Å²) in [4.78, 5) is 11.3. The second kappa shape index (κ2) is 2.91. The van der Waals surface area contributed by atoms with Gasteiger partial charge < -0.3 is 4.42 Å². The first kappa shape index (κ1) is 8.05. The van der Waals surface area contributed by atoms with E-state index in [0.717, 1.165) is 5.76 Å². The summed E-state index contributed by atoms with van der Waals surface area (Å²) in [6, 6.07) is 3.52. The Bertz CT molecular complexity index is 258. The van der Waals surface area contributed by atoms with Crippen molar-refractivity contribution in [3.63, 3.8) is 0 Å². The Labute approximate surface area is 66.2 Å². The van der Waals surface area contributed by atoms with Gasteiger partial charge in [0.2, 0.25) is 5.78 Å². The zero-order valence-corrected chi connectivity index (χ0v) is 7.05. The maximum atomic E-state index is 11.3. The minimum atomic E-state index is 0.0144. The summed E-state index contributed by atoms with van der Waals surface area (Å²) in [6.45, 7) is 5.55. The number of carbonyl (C=O) groups is 1. The molecule has 0 unspecified atom stereocenters. The minimum Gasteiger partial charge on any atom is -0.458 e. The van der Waals surface area contributed by atoms with E-state index in [9.17, 15) is 4.79 Å². The number of carbonyl (C=O) groups excluding carboxylic acids is 1. The van der Waals surface area contributed by atoms with Gasteiger partial charge in [-0.05, 0) is 19.1 Å². The molecular weight excluding hydrogens is 140 g/mol. The van der Waals surface area contributed by atoms with Gasteiger partial charge in [0.25, 0.3) is 0 Å². The maximum Gasteiger partial charge on any atom is 0.200 e. The van der Waals surface area contributed by atoms with E-state index in [1.54, 1.807) is 12.1 Å². The van der Waals surface area contributed by atoms with Crippen LogP contribution < -0.4 is 0 Å². The summed E-state index contributed by atoms with van der Waals surface area (Å²) in [7, 11) is 0. The Hall–Kier alpha value is -1.05. The highest BCUT2D eigenvalue weighted by molar-refractivity contribution is 5.94. The van der Waals surface area contributed by atoms with Crippen LogP contribution in [-0.4, -0.2) is 5.78 Å². The molecule has 0 spiro atoms. The van der Waals surface area contributed by atoms with Crippen molar-refractivity contribution < 1.29 is 9.21 Å². The van der Waals surface area contributed by atoms with Gasteiger partial charge in [0.1, 0.15) is 5.76 Å². The molecule has 60 valence electrons.